The Bertz CT molecular complexity index is 859. The van der Waals surface area contributed by atoms with Gasteiger partial charge in [-0.15, -0.1) is 23.1 Å². The predicted molar refractivity (Wildman–Crippen MR) is 96.8 cm³/mol. The van der Waals surface area contributed by atoms with Crippen molar-refractivity contribution in [1.29, 1.82) is 5.26 Å². The van der Waals surface area contributed by atoms with E-state index in [0.717, 1.165) is 4.90 Å². The van der Waals surface area contributed by atoms with Gasteiger partial charge in [0.15, 0.2) is 18.1 Å². The summed E-state index contributed by atoms with van der Waals surface area (Å²) in [4.78, 5) is 24.4. The fourth-order valence-electron chi connectivity index (χ4n) is 2.10. The van der Waals surface area contributed by atoms with Crippen molar-refractivity contribution in [3.8, 4) is 17.6 Å². The highest BCUT2D eigenvalue weighted by atomic mass is 32.2. The number of nitrogens with one attached hydrogen (secondary N) is 1. The van der Waals surface area contributed by atoms with Crippen LogP contribution in [-0.4, -0.2) is 37.4 Å². The van der Waals surface area contributed by atoms with E-state index in [1.165, 1.54) is 23.1 Å². The first-order valence-electron chi connectivity index (χ1n) is 7.61. The summed E-state index contributed by atoms with van der Waals surface area (Å²) in [7, 11) is 0. The zero-order chi connectivity index (χ0) is 18.4. The highest BCUT2D eigenvalue weighted by Crippen LogP contribution is 2.34. The number of amides is 1. The monoisotopic (exact) mass is 390 g/mol. The number of anilines is 1. The van der Waals surface area contributed by atoms with Crippen LogP contribution >= 0.6 is 23.1 Å². The molecular weight excluding hydrogens is 376 g/mol. The number of nitrogens with zero attached hydrogens (tertiary/aromatic N) is 1. The molecule has 2 aromatic rings. The van der Waals surface area contributed by atoms with E-state index < -0.39 is 18.5 Å². The Labute approximate surface area is 157 Å². The van der Waals surface area contributed by atoms with E-state index in [2.05, 4.69) is 5.32 Å². The van der Waals surface area contributed by atoms with Gasteiger partial charge in [0.25, 0.3) is 5.91 Å². The number of carbonyl (C=O) groups is 2. The quantitative estimate of drug-likeness (QED) is 0.598. The van der Waals surface area contributed by atoms with Crippen LogP contribution in [0.5, 0.6) is 11.5 Å². The molecular formula is C17H14N2O5S2. The largest absolute Gasteiger partial charge is 0.486 e. The van der Waals surface area contributed by atoms with Crippen LogP contribution in [0.1, 0.15) is 5.56 Å². The van der Waals surface area contributed by atoms with Crippen LogP contribution in [0.2, 0.25) is 0 Å². The second kappa shape index (κ2) is 8.60. The summed E-state index contributed by atoms with van der Waals surface area (Å²) in [5.41, 5.74) is 0.379. The molecule has 0 atom stereocenters. The standard InChI is InChI=1S/C17H14N2O5S2/c18-8-11-3-6-25-17(11)19-15(20)9-24-16(21)10-26-12-1-2-13-14(7-12)23-5-4-22-13/h1-3,6-7H,4-5,9-10H2,(H,19,20). The number of hydrogen-bond acceptors (Lipinski definition) is 8. The number of thiophene rings is 1. The Balaban J connectivity index is 1.43. The van der Waals surface area contributed by atoms with Gasteiger partial charge in [-0.3, -0.25) is 9.59 Å². The Kier molecular flexibility index (Phi) is 5.99. The Hall–Kier alpha value is -2.70. The molecule has 0 unspecified atom stereocenters. The van der Waals surface area contributed by atoms with Gasteiger partial charge in [0.1, 0.15) is 24.3 Å². The Morgan fingerprint density at radius 3 is 2.88 bits per heavy atom. The van der Waals surface area contributed by atoms with Crippen LogP contribution in [-0.2, 0) is 14.3 Å². The topological polar surface area (TPSA) is 97.7 Å². The first-order chi connectivity index (χ1) is 12.7. The normalized spacial score (nSPS) is 12.1. The summed E-state index contributed by atoms with van der Waals surface area (Å²) in [5, 5.41) is 13.6. The maximum absolute atomic E-state index is 11.8. The molecule has 0 fully saturated rings. The van der Waals surface area contributed by atoms with Crippen LogP contribution in [0.3, 0.4) is 0 Å². The van der Waals surface area contributed by atoms with Crippen molar-refractivity contribution in [1.82, 2.24) is 0 Å². The third-order valence-electron chi connectivity index (χ3n) is 3.27. The number of thioether (sulfide) groups is 1. The third kappa shape index (κ3) is 4.68. The molecule has 0 spiro atoms. The van der Waals surface area contributed by atoms with Crippen molar-refractivity contribution in [2.24, 2.45) is 0 Å². The number of fused-ring (bicyclic) bond motifs is 1. The molecule has 26 heavy (non-hydrogen) atoms. The smallest absolute Gasteiger partial charge is 0.316 e. The molecule has 0 saturated heterocycles. The molecule has 0 radical (unpaired) electrons. The minimum atomic E-state index is -0.508. The lowest BCUT2D eigenvalue weighted by Crippen LogP contribution is -2.21. The van der Waals surface area contributed by atoms with E-state index in [1.54, 1.807) is 23.6 Å². The molecule has 1 aromatic carbocycles. The summed E-state index contributed by atoms with van der Waals surface area (Å²) in [6.07, 6.45) is 0. The van der Waals surface area contributed by atoms with E-state index in [0.29, 0.717) is 35.3 Å². The summed E-state index contributed by atoms with van der Waals surface area (Å²) in [6, 6.07) is 9.01. The maximum Gasteiger partial charge on any atom is 0.316 e. The van der Waals surface area contributed by atoms with Crippen molar-refractivity contribution in [2.75, 3.05) is 30.9 Å². The molecule has 3 rings (SSSR count). The van der Waals surface area contributed by atoms with Gasteiger partial charge in [-0.2, -0.15) is 5.26 Å². The predicted octanol–water partition coefficient (Wildman–Crippen LogP) is 2.66. The molecule has 9 heteroatoms. The summed E-state index contributed by atoms with van der Waals surface area (Å²) >= 11 is 2.52. The molecule has 2 heterocycles. The van der Waals surface area contributed by atoms with E-state index in [9.17, 15) is 9.59 Å². The second-order valence-corrected chi connectivity index (χ2v) is 7.04. The molecule has 1 amide bonds. The highest BCUT2D eigenvalue weighted by Gasteiger charge is 2.14. The van der Waals surface area contributed by atoms with E-state index in [4.69, 9.17) is 19.5 Å². The Morgan fingerprint density at radius 2 is 2.08 bits per heavy atom. The van der Waals surface area contributed by atoms with E-state index >= 15 is 0 Å². The third-order valence-corrected chi connectivity index (χ3v) is 5.07. The fourth-order valence-corrected chi connectivity index (χ4v) is 3.58. The number of carbonyl (C=O) groups excluding carboxylic acids is 2. The number of ether oxygens (including phenoxy) is 3. The number of rotatable bonds is 6. The van der Waals surface area contributed by atoms with Gasteiger partial charge in [-0.25, -0.2) is 0 Å². The van der Waals surface area contributed by atoms with Gasteiger partial charge >= 0.3 is 5.97 Å². The van der Waals surface area contributed by atoms with Crippen molar-refractivity contribution in [3.05, 3.63) is 35.2 Å². The average Bonchev–Trinajstić information content (AvgIpc) is 3.11. The number of benzene rings is 1. The molecule has 0 aliphatic carbocycles. The first kappa shape index (κ1) is 18.1. The van der Waals surface area contributed by atoms with E-state index in [-0.39, 0.29) is 5.75 Å². The van der Waals surface area contributed by atoms with Gasteiger partial charge in [0, 0.05) is 4.90 Å². The van der Waals surface area contributed by atoms with Crippen LogP contribution in [0.15, 0.2) is 34.5 Å². The van der Waals surface area contributed by atoms with Gasteiger partial charge in [0.2, 0.25) is 0 Å². The molecule has 7 nitrogen and oxygen atoms in total. The van der Waals surface area contributed by atoms with Crippen molar-refractivity contribution < 1.29 is 23.8 Å². The van der Waals surface area contributed by atoms with Crippen LogP contribution in [0.25, 0.3) is 0 Å². The molecule has 1 aliphatic rings. The number of esters is 1. The lowest BCUT2D eigenvalue weighted by atomic mass is 10.3. The minimum absolute atomic E-state index is 0.0649. The van der Waals surface area contributed by atoms with E-state index in [1.807, 2.05) is 12.1 Å². The van der Waals surface area contributed by atoms with Gasteiger partial charge in [-0.05, 0) is 29.6 Å². The first-order valence-corrected chi connectivity index (χ1v) is 9.48. The van der Waals surface area contributed by atoms with Gasteiger partial charge < -0.3 is 19.5 Å². The van der Waals surface area contributed by atoms with Crippen molar-refractivity contribution in [2.45, 2.75) is 4.90 Å². The number of nitriles is 1. The molecule has 1 aromatic heterocycles. The minimum Gasteiger partial charge on any atom is -0.486 e. The van der Waals surface area contributed by atoms with Gasteiger partial charge in [0.05, 0.1) is 11.3 Å². The highest BCUT2D eigenvalue weighted by molar-refractivity contribution is 8.00. The zero-order valence-electron chi connectivity index (χ0n) is 13.5. The van der Waals surface area contributed by atoms with Gasteiger partial charge in [-0.1, -0.05) is 0 Å². The lowest BCUT2D eigenvalue weighted by molar-refractivity contribution is -0.144. The zero-order valence-corrected chi connectivity index (χ0v) is 15.2. The maximum atomic E-state index is 11.8. The average molecular weight is 390 g/mol. The van der Waals surface area contributed by atoms with Crippen LogP contribution < -0.4 is 14.8 Å². The fraction of sp³-hybridized carbons (Fsp3) is 0.235. The van der Waals surface area contributed by atoms with Crippen LogP contribution in [0, 0.1) is 11.3 Å². The number of hydrogen-bond donors (Lipinski definition) is 1. The molecule has 1 N–H and O–H groups in total. The molecule has 134 valence electrons. The SMILES string of the molecule is N#Cc1ccsc1NC(=O)COC(=O)CSc1ccc2c(c1)OCCO2. The molecule has 1 aliphatic heterocycles. The molecule has 0 saturated carbocycles. The molecule has 0 bridgehead atoms. The Morgan fingerprint density at radius 1 is 1.27 bits per heavy atom. The van der Waals surface area contributed by atoms with Crippen molar-refractivity contribution >= 4 is 40.0 Å². The second-order valence-electron chi connectivity index (χ2n) is 5.08. The summed E-state index contributed by atoms with van der Waals surface area (Å²) in [6.45, 7) is 0.620. The van der Waals surface area contributed by atoms with Crippen LogP contribution in [0.4, 0.5) is 5.00 Å². The van der Waals surface area contributed by atoms with Crippen molar-refractivity contribution in [3.63, 3.8) is 0 Å². The summed E-state index contributed by atoms with van der Waals surface area (Å²) in [5.74, 6) is 0.409. The lowest BCUT2D eigenvalue weighted by Gasteiger charge is -2.18. The summed E-state index contributed by atoms with van der Waals surface area (Å²) < 4.78 is 15.9.